The van der Waals surface area contributed by atoms with E-state index in [0.29, 0.717) is 11.4 Å². The van der Waals surface area contributed by atoms with E-state index in [-0.39, 0.29) is 10.7 Å². The van der Waals surface area contributed by atoms with Gasteiger partial charge in [-0.3, -0.25) is 10.1 Å². The number of amides is 3. The lowest BCUT2D eigenvalue weighted by molar-refractivity contribution is -0.721. The number of rotatable bonds is 3. The largest absolute Gasteiger partial charge is 0.331 e. The number of aromatic nitrogens is 4. The molecule has 0 aliphatic rings. The van der Waals surface area contributed by atoms with Crippen molar-refractivity contribution in [2.45, 2.75) is 0 Å². The first-order valence-corrected chi connectivity index (χ1v) is 7.88. The van der Waals surface area contributed by atoms with Crippen molar-refractivity contribution < 1.29 is 23.1 Å². The molecule has 0 unspecified atom stereocenters. The smallest absolute Gasteiger partial charge is 0.306 e. The van der Waals surface area contributed by atoms with Gasteiger partial charge in [0.05, 0.1) is 23.3 Å². The van der Waals surface area contributed by atoms with E-state index in [1.807, 2.05) is 5.32 Å². The molecule has 3 N–H and O–H groups in total. The fraction of sp³-hybridized carbons (Fsp3) is 0.0625. The lowest BCUT2D eigenvalue weighted by atomic mass is 10.2. The van der Waals surface area contributed by atoms with Gasteiger partial charge in [-0.15, -0.1) is 0 Å². The van der Waals surface area contributed by atoms with Gasteiger partial charge in [0.25, 0.3) is 5.91 Å². The van der Waals surface area contributed by atoms with Crippen LogP contribution < -0.4 is 15.3 Å². The van der Waals surface area contributed by atoms with E-state index in [1.54, 1.807) is 17.8 Å². The number of tetrazole rings is 1. The normalized spacial score (nSPS) is 10.5. The summed E-state index contributed by atoms with van der Waals surface area (Å²) in [5, 5.41) is 14.5. The second kappa shape index (κ2) is 7.46. The minimum Gasteiger partial charge on any atom is -0.306 e. The molecule has 0 saturated heterocycles. The average Bonchev–Trinajstić information content (AvgIpc) is 3.02. The first kappa shape index (κ1) is 18.4. The number of nitrogens with zero attached hydrogens (tertiary/aromatic N) is 3. The van der Waals surface area contributed by atoms with E-state index < -0.39 is 29.1 Å². The predicted molar refractivity (Wildman–Crippen MR) is 90.8 cm³/mol. The number of imide groups is 1. The standard InChI is InChI=1S/C16H11ClF2N6O2/c1-25-14(22-23-24-25)8-5-6-12(9(17)7-8)20-16(27)21-15(26)13-10(18)3-2-4-11(13)19/h2-7H,1H3,(H2,20,21,22,24,26,27)/p+1. The van der Waals surface area contributed by atoms with Crippen LogP contribution >= 0.6 is 11.6 Å². The van der Waals surface area contributed by atoms with Crippen LogP contribution in [0.4, 0.5) is 19.3 Å². The summed E-state index contributed by atoms with van der Waals surface area (Å²) in [6, 6.07) is 6.58. The first-order valence-electron chi connectivity index (χ1n) is 7.50. The topological polar surface area (TPSA) is 104 Å². The molecule has 8 nitrogen and oxygen atoms in total. The number of carbonyl (C=O) groups is 2. The summed E-state index contributed by atoms with van der Waals surface area (Å²) in [6.07, 6.45) is 0. The highest BCUT2D eigenvalue weighted by atomic mass is 35.5. The Balaban J connectivity index is 1.73. The van der Waals surface area contributed by atoms with Crippen LogP contribution in [0.15, 0.2) is 36.4 Å². The molecule has 3 amide bonds. The van der Waals surface area contributed by atoms with Gasteiger partial charge >= 0.3 is 11.9 Å². The molecule has 27 heavy (non-hydrogen) atoms. The van der Waals surface area contributed by atoms with Gasteiger partial charge in [0, 0.05) is 0 Å². The van der Waals surface area contributed by atoms with E-state index in [2.05, 4.69) is 20.8 Å². The summed E-state index contributed by atoms with van der Waals surface area (Å²) >= 11 is 6.13. The van der Waals surface area contributed by atoms with Gasteiger partial charge in [-0.25, -0.2) is 13.6 Å². The van der Waals surface area contributed by atoms with Gasteiger partial charge < -0.3 is 5.32 Å². The van der Waals surface area contributed by atoms with Crippen molar-refractivity contribution in [1.82, 2.24) is 20.8 Å². The number of anilines is 1. The Kier molecular flexibility index (Phi) is 5.08. The minimum atomic E-state index is -1.22. The van der Waals surface area contributed by atoms with E-state index in [0.717, 1.165) is 18.2 Å². The lowest BCUT2D eigenvalue weighted by Crippen LogP contribution is -2.35. The Morgan fingerprint density at radius 2 is 1.89 bits per heavy atom. The molecule has 138 valence electrons. The van der Waals surface area contributed by atoms with Crippen molar-refractivity contribution in [2.24, 2.45) is 7.05 Å². The zero-order chi connectivity index (χ0) is 19.6. The zero-order valence-corrected chi connectivity index (χ0v) is 14.5. The van der Waals surface area contributed by atoms with Crippen LogP contribution in [0.5, 0.6) is 0 Å². The van der Waals surface area contributed by atoms with Crippen molar-refractivity contribution in [2.75, 3.05) is 5.32 Å². The molecule has 3 rings (SSSR count). The Morgan fingerprint density at radius 1 is 1.19 bits per heavy atom. The molecule has 3 aromatic rings. The van der Waals surface area contributed by atoms with Crippen LogP contribution in [0.25, 0.3) is 11.4 Å². The second-order valence-electron chi connectivity index (χ2n) is 5.38. The van der Waals surface area contributed by atoms with Crippen LogP contribution in [-0.2, 0) is 7.05 Å². The van der Waals surface area contributed by atoms with Crippen LogP contribution in [0.1, 0.15) is 10.4 Å². The third kappa shape index (κ3) is 3.90. The number of hydrogen-bond donors (Lipinski definition) is 3. The second-order valence-corrected chi connectivity index (χ2v) is 5.79. The average molecular weight is 394 g/mol. The van der Waals surface area contributed by atoms with Gasteiger partial charge in [0.15, 0.2) is 5.21 Å². The molecular formula is C16H12ClF2N6O2+. The highest BCUT2D eigenvalue weighted by molar-refractivity contribution is 6.34. The fourth-order valence-corrected chi connectivity index (χ4v) is 2.52. The third-order valence-electron chi connectivity index (χ3n) is 3.55. The number of H-pyrrole nitrogens is 1. The summed E-state index contributed by atoms with van der Waals surface area (Å²) in [7, 11) is 1.70. The summed E-state index contributed by atoms with van der Waals surface area (Å²) in [6.45, 7) is 0. The quantitative estimate of drug-likeness (QED) is 0.593. The maximum absolute atomic E-state index is 13.6. The summed E-state index contributed by atoms with van der Waals surface area (Å²) in [4.78, 5) is 23.9. The molecule has 0 saturated carbocycles. The maximum Gasteiger partial charge on any atom is 0.331 e. The summed E-state index contributed by atoms with van der Waals surface area (Å²) < 4.78 is 28.7. The van der Waals surface area contributed by atoms with Gasteiger partial charge in [-0.1, -0.05) is 22.9 Å². The Hall–Kier alpha value is -3.40. The molecule has 0 bridgehead atoms. The molecule has 1 heterocycles. The zero-order valence-electron chi connectivity index (χ0n) is 13.8. The van der Waals surface area contributed by atoms with Crippen molar-refractivity contribution >= 4 is 29.2 Å². The van der Waals surface area contributed by atoms with Crippen LogP contribution in [0.2, 0.25) is 5.02 Å². The third-order valence-corrected chi connectivity index (χ3v) is 3.86. The van der Waals surface area contributed by atoms with Crippen molar-refractivity contribution in [3.63, 3.8) is 0 Å². The van der Waals surface area contributed by atoms with E-state index in [1.165, 1.54) is 12.1 Å². The van der Waals surface area contributed by atoms with Crippen LogP contribution in [-0.4, -0.2) is 27.5 Å². The molecule has 1 aromatic heterocycles. The highest BCUT2D eigenvalue weighted by Crippen LogP contribution is 2.26. The maximum atomic E-state index is 13.6. The molecule has 0 radical (unpaired) electrons. The number of halogens is 3. The predicted octanol–water partition coefficient (Wildman–Crippen LogP) is 2.19. The number of nitrogens with one attached hydrogen (secondary N) is 3. The van der Waals surface area contributed by atoms with Gasteiger partial charge in [0.2, 0.25) is 0 Å². The Labute approximate surface area is 156 Å². The molecular weight excluding hydrogens is 382 g/mol. The molecule has 0 atom stereocenters. The Morgan fingerprint density at radius 3 is 2.48 bits per heavy atom. The number of urea groups is 1. The molecule has 0 spiro atoms. The molecule has 11 heteroatoms. The molecule has 2 aromatic carbocycles. The van der Waals surface area contributed by atoms with Crippen molar-refractivity contribution in [3.05, 3.63) is 58.6 Å². The van der Waals surface area contributed by atoms with E-state index >= 15 is 0 Å². The first-order chi connectivity index (χ1) is 12.9. The van der Waals surface area contributed by atoms with Crippen LogP contribution in [0.3, 0.4) is 0 Å². The number of aromatic amines is 1. The van der Waals surface area contributed by atoms with Gasteiger partial charge in [-0.05, 0) is 30.3 Å². The van der Waals surface area contributed by atoms with Crippen LogP contribution in [0, 0.1) is 11.6 Å². The molecule has 0 aliphatic carbocycles. The SMILES string of the molecule is C[n+]1[nH]nnc1-c1ccc(NC(=O)NC(=O)c2c(F)cccc2F)c(Cl)c1. The summed E-state index contributed by atoms with van der Waals surface area (Å²) in [5.74, 6) is -2.87. The lowest BCUT2D eigenvalue weighted by Gasteiger charge is -2.09. The number of hydrogen-bond acceptors (Lipinski definition) is 4. The van der Waals surface area contributed by atoms with E-state index in [4.69, 9.17) is 11.6 Å². The molecule has 0 fully saturated rings. The van der Waals surface area contributed by atoms with Crippen molar-refractivity contribution in [1.29, 1.82) is 0 Å². The highest BCUT2D eigenvalue weighted by Gasteiger charge is 2.20. The van der Waals surface area contributed by atoms with E-state index in [9.17, 15) is 18.4 Å². The monoisotopic (exact) mass is 393 g/mol. The summed E-state index contributed by atoms with van der Waals surface area (Å²) in [5.41, 5.74) is -0.0368. The molecule has 0 aliphatic heterocycles. The minimum absolute atomic E-state index is 0.162. The fourth-order valence-electron chi connectivity index (χ4n) is 2.29. The van der Waals surface area contributed by atoms with Crippen molar-refractivity contribution in [3.8, 4) is 11.4 Å². The number of benzene rings is 2. The Bertz CT molecular complexity index is 1020. The van der Waals surface area contributed by atoms with Gasteiger partial charge in [-0.2, -0.15) is 4.68 Å². The number of carbonyl (C=O) groups excluding carboxylic acids is 2. The van der Waals surface area contributed by atoms with Gasteiger partial charge in [0.1, 0.15) is 22.3 Å². The number of aryl methyl sites for hydroxylation is 1.